The third kappa shape index (κ3) is 3.84. The number of nitrogens with zero attached hydrogens (tertiary/aromatic N) is 3. The van der Waals surface area contributed by atoms with Crippen LogP contribution in [0.15, 0.2) is 9.90 Å². The molecule has 0 fully saturated rings. The van der Waals surface area contributed by atoms with Crippen LogP contribution in [-0.4, -0.2) is 28.2 Å². The van der Waals surface area contributed by atoms with Crippen LogP contribution in [0.5, 0.6) is 0 Å². The molecule has 5 nitrogen and oxygen atoms in total. The van der Waals surface area contributed by atoms with Crippen molar-refractivity contribution >= 4 is 11.3 Å². The number of nitrogens with one attached hydrogen (secondary N) is 1. The number of aromatic nitrogens is 3. The molecule has 2 aromatic heterocycles. The summed E-state index contributed by atoms with van der Waals surface area (Å²) in [6, 6.07) is 0.357. The number of thiazole rings is 1. The summed E-state index contributed by atoms with van der Waals surface area (Å²) in [7, 11) is 1.96. The van der Waals surface area contributed by atoms with Crippen LogP contribution in [-0.2, 0) is 12.8 Å². The highest BCUT2D eigenvalue weighted by Gasteiger charge is 2.16. The Morgan fingerprint density at radius 1 is 1.37 bits per heavy atom. The zero-order chi connectivity index (χ0) is 13.8. The summed E-state index contributed by atoms with van der Waals surface area (Å²) >= 11 is 1.63. The van der Waals surface area contributed by atoms with Gasteiger partial charge in [-0.3, -0.25) is 0 Å². The van der Waals surface area contributed by atoms with Gasteiger partial charge in [0.25, 0.3) is 0 Å². The first-order valence-corrected chi connectivity index (χ1v) is 7.36. The van der Waals surface area contributed by atoms with Crippen LogP contribution in [0.4, 0.5) is 0 Å². The lowest BCUT2D eigenvalue weighted by Gasteiger charge is -2.17. The van der Waals surface area contributed by atoms with E-state index in [0.29, 0.717) is 30.1 Å². The number of likely N-dealkylation sites (N-methyl/N-ethyl adjacent to an activating group) is 1. The Morgan fingerprint density at radius 3 is 2.74 bits per heavy atom. The lowest BCUT2D eigenvalue weighted by atomic mass is 10.0. The molecule has 2 heterocycles. The number of rotatable bonds is 6. The lowest BCUT2D eigenvalue weighted by Crippen LogP contribution is -2.32. The zero-order valence-corrected chi connectivity index (χ0v) is 12.6. The Labute approximate surface area is 117 Å². The van der Waals surface area contributed by atoms with Crippen molar-refractivity contribution in [1.29, 1.82) is 0 Å². The minimum Gasteiger partial charge on any atom is -0.339 e. The van der Waals surface area contributed by atoms with E-state index in [4.69, 9.17) is 4.52 Å². The SMILES string of the molecule is CNC(Cc1nc(Cc2nc(C)cs2)no1)C(C)C. The molecular weight excluding hydrogens is 260 g/mol. The fourth-order valence-electron chi connectivity index (χ4n) is 1.92. The second-order valence-electron chi connectivity index (χ2n) is 5.01. The van der Waals surface area contributed by atoms with Crippen LogP contribution < -0.4 is 5.32 Å². The smallest absolute Gasteiger partial charge is 0.228 e. The van der Waals surface area contributed by atoms with E-state index in [2.05, 4.69) is 34.3 Å². The van der Waals surface area contributed by atoms with Gasteiger partial charge >= 0.3 is 0 Å². The summed E-state index contributed by atoms with van der Waals surface area (Å²) in [6.45, 7) is 6.34. The van der Waals surface area contributed by atoms with E-state index in [9.17, 15) is 0 Å². The molecule has 0 aliphatic carbocycles. The van der Waals surface area contributed by atoms with Crippen molar-refractivity contribution in [2.45, 2.75) is 39.7 Å². The first-order chi connectivity index (χ1) is 9.08. The first-order valence-electron chi connectivity index (χ1n) is 6.48. The third-order valence-electron chi connectivity index (χ3n) is 3.06. The second kappa shape index (κ2) is 6.25. The zero-order valence-electron chi connectivity index (χ0n) is 11.8. The Kier molecular flexibility index (Phi) is 4.66. The third-order valence-corrected chi connectivity index (χ3v) is 4.02. The van der Waals surface area contributed by atoms with E-state index in [1.165, 1.54) is 0 Å². The molecule has 2 rings (SSSR count). The minimum atomic E-state index is 0.357. The fraction of sp³-hybridized carbons (Fsp3) is 0.615. The summed E-state index contributed by atoms with van der Waals surface area (Å²) in [5, 5.41) is 10.4. The molecule has 0 saturated carbocycles. The molecule has 104 valence electrons. The predicted molar refractivity (Wildman–Crippen MR) is 75.3 cm³/mol. The van der Waals surface area contributed by atoms with Gasteiger partial charge < -0.3 is 9.84 Å². The molecule has 0 amide bonds. The summed E-state index contributed by atoms with van der Waals surface area (Å²) in [5.41, 5.74) is 1.04. The van der Waals surface area contributed by atoms with Gasteiger partial charge in [-0.15, -0.1) is 11.3 Å². The molecule has 1 atom stereocenters. The van der Waals surface area contributed by atoms with Crippen molar-refractivity contribution in [2.75, 3.05) is 7.05 Å². The first kappa shape index (κ1) is 14.1. The van der Waals surface area contributed by atoms with Crippen molar-refractivity contribution in [3.63, 3.8) is 0 Å². The van der Waals surface area contributed by atoms with E-state index in [1.54, 1.807) is 11.3 Å². The van der Waals surface area contributed by atoms with Gasteiger partial charge in [0.05, 0.1) is 6.42 Å². The van der Waals surface area contributed by atoms with Crippen molar-refractivity contribution in [2.24, 2.45) is 5.92 Å². The molecule has 0 aliphatic heterocycles. The topological polar surface area (TPSA) is 63.8 Å². The van der Waals surface area contributed by atoms with E-state index in [1.807, 2.05) is 19.4 Å². The van der Waals surface area contributed by atoms with Crippen LogP contribution >= 0.6 is 11.3 Å². The molecule has 0 saturated heterocycles. The molecule has 1 N–H and O–H groups in total. The summed E-state index contributed by atoms with van der Waals surface area (Å²) in [6.07, 6.45) is 1.41. The number of hydrogen-bond donors (Lipinski definition) is 1. The highest BCUT2D eigenvalue weighted by atomic mass is 32.1. The average Bonchev–Trinajstić information content (AvgIpc) is 2.96. The van der Waals surface area contributed by atoms with Gasteiger partial charge in [0.15, 0.2) is 5.82 Å². The maximum atomic E-state index is 5.30. The van der Waals surface area contributed by atoms with Crippen molar-refractivity contribution < 1.29 is 4.52 Å². The molecule has 1 unspecified atom stereocenters. The predicted octanol–water partition coefficient (Wildman–Crippen LogP) is 2.21. The van der Waals surface area contributed by atoms with Crippen LogP contribution in [0.25, 0.3) is 0 Å². The van der Waals surface area contributed by atoms with Gasteiger partial charge in [-0.1, -0.05) is 19.0 Å². The van der Waals surface area contributed by atoms with E-state index < -0.39 is 0 Å². The van der Waals surface area contributed by atoms with Gasteiger partial charge in [-0.2, -0.15) is 4.98 Å². The molecule has 2 aromatic rings. The summed E-state index contributed by atoms with van der Waals surface area (Å²) in [4.78, 5) is 8.84. The lowest BCUT2D eigenvalue weighted by molar-refractivity contribution is 0.333. The molecule has 0 spiro atoms. The standard InChI is InChI=1S/C13H20N4OS/c1-8(2)10(14-4)5-12-16-11(17-18-12)6-13-15-9(3)7-19-13/h7-8,10,14H,5-6H2,1-4H3. The van der Waals surface area contributed by atoms with Gasteiger partial charge in [-0.25, -0.2) is 4.98 Å². The number of aryl methyl sites for hydroxylation is 1. The van der Waals surface area contributed by atoms with Crippen molar-refractivity contribution in [3.05, 3.63) is 27.8 Å². The van der Waals surface area contributed by atoms with Gasteiger partial charge in [0.2, 0.25) is 5.89 Å². The van der Waals surface area contributed by atoms with Crippen LogP contribution in [0.3, 0.4) is 0 Å². The number of hydrogen-bond acceptors (Lipinski definition) is 6. The van der Waals surface area contributed by atoms with E-state index in [0.717, 1.165) is 17.1 Å². The van der Waals surface area contributed by atoms with Crippen LogP contribution in [0, 0.1) is 12.8 Å². The highest BCUT2D eigenvalue weighted by molar-refractivity contribution is 7.09. The normalized spacial score (nSPS) is 13.1. The largest absolute Gasteiger partial charge is 0.339 e. The maximum Gasteiger partial charge on any atom is 0.228 e. The molecule has 19 heavy (non-hydrogen) atoms. The molecule has 0 aromatic carbocycles. The molecular formula is C13H20N4OS. The molecule has 0 radical (unpaired) electrons. The van der Waals surface area contributed by atoms with Gasteiger partial charge in [0.1, 0.15) is 5.01 Å². The quantitative estimate of drug-likeness (QED) is 0.879. The van der Waals surface area contributed by atoms with E-state index >= 15 is 0 Å². The highest BCUT2D eigenvalue weighted by Crippen LogP contribution is 2.14. The van der Waals surface area contributed by atoms with Crippen molar-refractivity contribution in [1.82, 2.24) is 20.4 Å². The molecule has 6 heteroatoms. The Morgan fingerprint density at radius 2 is 2.16 bits per heavy atom. The van der Waals surface area contributed by atoms with Gasteiger partial charge in [-0.05, 0) is 19.9 Å². The minimum absolute atomic E-state index is 0.357. The summed E-state index contributed by atoms with van der Waals surface area (Å²) in [5.74, 6) is 1.93. The second-order valence-corrected chi connectivity index (χ2v) is 5.95. The monoisotopic (exact) mass is 280 g/mol. The average molecular weight is 280 g/mol. The molecule has 0 aliphatic rings. The van der Waals surface area contributed by atoms with Gasteiger partial charge in [0, 0.05) is 23.5 Å². The van der Waals surface area contributed by atoms with Crippen LogP contribution in [0.2, 0.25) is 0 Å². The Bertz CT molecular complexity index is 520. The Balaban J connectivity index is 1.98. The maximum absolute atomic E-state index is 5.30. The van der Waals surface area contributed by atoms with E-state index in [-0.39, 0.29) is 0 Å². The van der Waals surface area contributed by atoms with Crippen LogP contribution in [0.1, 0.15) is 36.3 Å². The van der Waals surface area contributed by atoms with Crippen molar-refractivity contribution in [3.8, 4) is 0 Å². The fourth-order valence-corrected chi connectivity index (χ4v) is 2.69. The summed E-state index contributed by atoms with van der Waals surface area (Å²) < 4.78 is 5.30. The molecule has 0 bridgehead atoms. The Hall–Kier alpha value is -1.27.